The highest BCUT2D eigenvalue weighted by Crippen LogP contribution is 2.28. The molecule has 1 aliphatic carbocycles. The molecule has 0 radical (unpaired) electrons. The van der Waals surface area contributed by atoms with Crippen LogP contribution < -0.4 is 10.6 Å². The number of carbonyl (C=O) groups is 2. The van der Waals surface area contributed by atoms with Crippen LogP contribution >= 0.6 is 0 Å². The van der Waals surface area contributed by atoms with Crippen molar-refractivity contribution in [2.45, 2.75) is 51.0 Å². The van der Waals surface area contributed by atoms with Crippen LogP contribution in [0.3, 0.4) is 0 Å². The van der Waals surface area contributed by atoms with Crippen LogP contribution in [-0.4, -0.2) is 41.4 Å². The number of aliphatic hydroxyl groups is 1. The van der Waals surface area contributed by atoms with E-state index >= 15 is 0 Å². The van der Waals surface area contributed by atoms with E-state index in [1.165, 1.54) is 25.7 Å². The zero-order chi connectivity index (χ0) is 14.1. The van der Waals surface area contributed by atoms with E-state index in [9.17, 15) is 9.59 Å². The van der Waals surface area contributed by atoms with Gasteiger partial charge in [0.15, 0.2) is 0 Å². The molecule has 6 nitrogen and oxygen atoms in total. The summed E-state index contributed by atoms with van der Waals surface area (Å²) in [5.41, 5.74) is 0. The van der Waals surface area contributed by atoms with E-state index in [0.29, 0.717) is 6.54 Å². The minimum atomic E-state index is -1.13. The standard InChI is InChI=1S/C13H24N2O4/c16-9-7-11(12(17)18)15-13(19)14-8-3-6-10-4-1-2-5-10/h10-11,16H,1-9H2,(H,17,18)(H2,14,15,19)/t11-/m1/s1. The number of rotatable bonds is 8. The van der Waals surface area contributed by atoms with Crippen molar-refractivity contribution in [1.29, 1.82) is 0 Å². The highest BCUT2D eigenvalue weighted by molar-refractivity contribution is 5.82. The fourth-order valence-electron chi connectivity index (χ4n) is 2.49. The molecule has 0 aromatic heterocycles. The summed E-state index contributed by atoms with van der Waals surface area (Å²) in [6.07, 6.45) is 7.30. The Labute approximate surface area is 113 Å². The summed E-state index contributed by atoms with van der Waals surface area (Å²) in [5, 5.41) is 22.5. The first-order chi connectivity index (χ1) is 9.13. The minimum Gasteiger partial charge on any atom is -0.480 e. The van der Waals surface area contributed by atoms with Gasteiger partial charge >= 0.3 is 12.0 Å². The normalized spacial score (nSPS) is 17.1. The lowest BCUT2D eigenvalue weighted by molar-refractivity contribution is -0.139. The second kappa shape index (κ2) is 8.74. The summed E-state index contributed by atoms with van der Waals surface area (Å²) in [5.74, 6) is -0.332. The van der Waals surface area contributed by atoms with Crippen LogP contribution in [0.4, 0.5) is 4.79 Å². The molecule has 1 atom stereocenters. The van der Waals surface area contributed by atoms with Crippen LogP contribution in [0.15, 0.2) is 0 Å². The van der Waals surface area contributed by atoms with E-state index in [0.717, 1.165) is 18.8 Å². The Balaban J connectivity index is 2.10. The van der Waals surface area contributed by atoms with Crippen molar-refractivity contribution < 1.29 is 19.8 Å². The highest BCUT2D eigenvalue weighted by atomic mass is 16.4. The molecule has 0 heterocycles. The molecule has 0 spiro atoms. The molecular formula is C13H24N2O4. The molecule has 0 aromatic rings. The lowest BCUT2D eigenvalue weighted by Gasteiger charge is -2.14. The van der Waals surface area contributed by atoms with Crippen molar-refractivity contribution >= 4 is 12.0 Å². The minimum absolute atomic E-state index is 0.0187. The van der Waals surface area contributed by atoms with Crippen LogP contribution in [0.5, 0.6) is 0 Å². The summed E-state index contributed by atoms with van der Waals surface area (Å²) in [7, 11) is 0. The quantitative estimate of drug-likeness (QED) is 0.497. The van der Waals surface area contributed by atoms with Crippen molar-refractivity contribution in [3.05, 3.63) is 0 Å². The van der Waals surface area contributed by atoms with Crippen LogP contribution in [0.1, 0.15) is 44.9 Å². The van der Waals surface area contributed by atoms with Gasteiger partial charge in [-0.1, -0.05) is 25.7 Å². The third kappa shape index (κ3) is 6.42. The van der Waals surface area contributed by atoms with Crippen LogP contribution in [0.2, 0.25) is 0 Å². The first-order valence-corrected chi connectivity index (χ1v) is 7.01. The van der Waals surface area contributed by atoms with Gasteiger partial charge in [0.25, 0.3) is 0 Å². The van der Waals surface area contributed by atoms with Crippen molar-refractivity contribution in [3.63, 3.8) is 0 Å². The number of aliphatic carboxylic acids is 1. The predicted octanol–water partition coefficient (Wildman–Crippen LogP) is 1.09. The molecule has 0 saturated heterocycles. The number of aliphatic hydroxyl groups excluding tert-OH is 1. The van der Waals surface area contributed by atoms with Gasteiger partial charge < -0.3 is 20.8 Å². The number of carboxylic acids is 1. The van der Waals surface area contributed by atoms with Gasteiger partial charge in [-0.3, -0.25) is 0 Å². The lowest BCUT2D eigenvalue weighted by atomic mass is 10.0. The van der Waals surface area contributed by atoms with Gasteiger partial charge in [0.1, 0.15) is 6.04 Å². The van der Waals surface area contributed by atoms with Gasteiger partial charge in [-0.25, -0.2) is 9.59 Å². The zero-order valence-electron chi connectivity index (χ0n) is 11.2. The summed E-state index contributed by atoms with van der Waals surface area (Å²) in [6, 6.07) is -1.51. The summed E-state index contributed by atoms with van der Waals surface area (Å²) < 4.78 is 0. The van der Waals surface area contributed by atoms with E-state index in [1.54, 1.807) is 0 Å². The summed E-state index contributed by atoms with van der Waals surface area (Å²) in [4.78, 5) is 22.2. The molecule has 2 amide bonds. The molecule has 0 aromatic carbocycles. The lowest BCUT2D eigenvalue weighted by Crippen LogP contribution is -2.46. The number of hydrogen-bond acceptors (Lipinski definition) is 3. The Hall–Kier alpha value is -1.30. The molecule has 1 rings (SSSR count). The fourth-order valence-corrected chi connectivity index (χ4v) is 2.49. The van der Waals surface area contributed by atoms with Gasteiger partial charge in [-0.05, 0) is 18.8 Å². The average Bonchev–Trinajstić information content (AvgIpc) is 2.87. The van der Waals surface area contributed by atoms with Crippen LogP contribution in [0, 0.1) is 5.92 Å². The molecule has 1 fully saturated rings. The molecular weight excluding hydrogens is 248 g/mol. The molecule has 110 valence electrons. The molecule has 19 heavy (non-hydrogen) atoms. The smallest absolute Gasteiger partial charge is 0.326 e. The summed E-state index contributed by atoms with van der Waals surface area (Å²) in [6.45, 7) is 0.298. The Kier molecular flexibility index (Phi) is 7.25. The number of carbonyl (C=O) groups excluding carboxylic acids is 1. The second-order valence-corrected chi connectivity index (χ2v) is 5.10. The van der Waals surface area contributed by atoms with Crippen molar-refractivity contribution in [2.24, 2.45) is 5.92 Å². The third-order valence-corrected chi connectivity index (χ3v) is 3.57. The third-order valence-electron chi connectivity index (χ3n) is 3.57. The molecule has 1 saturated carbocycles. The number of hydrogen-bond donors (Lipinski definition) is 4. The maximum absolute atomic E-state index is 11.5. The molecule has 0 aliphatic heterocycles. The monoisotopic (exact) mass is 272 g/mol. The number of carboxylic acid groups (broad SMARTS) is 1. The maximum atomic E-state index is 11.5. The van der Waals surface area contributed by atoms with E-state index in [1.807, 2.05) is 0 Å². The fraction of sp³-hybridized carbons (Fsp3) is 0.846. The molecule has 6 heteroatoms. The first-order valence-electron chi connectivity index (χ1n) is 7.01. The Morgan fingerprint density at radius 2 is 1.95 bits per heavy atom. The van der Waals surface area contributed by atoms with E-state index in [2.05, 4.69) is 10.6 Å². The van der Waals surface area contributed by atoms with Crippen LogP contribution in [0.25, 0.3) is 0 Å². The van der Waals surface area contributed by atoms with E-state index < -0.39 is 18.0 Å². The SMILES string of the molecule is O=C(NCCCC1CCCC1)N[C@H](CCO)C(=O)O. The highest BCUT2D eigenvalue weighted by Gasteiger charge is 2.19. The zero-order valence-corrected chi connectivity index (χ0v) is 11.2. The predicted molar refractivity (Wildman–Crippen MR) is 70.9 cm³/mol. The topological polar surface area (TPSA) is 98.7 Å². The van der Waals surface area contributed by atoms with Crippen molar-refractivity contribution in [3.8, 4) is 0 Å². The largest absolute Gasteiger partial charge is 0.480 e. The summed E-state index contributed by atoms with van der Waals surface area (Å²) >= 11 is 0. The average molecular weight is 272 g/mol. The molecule has 4 N–H and O–H groups in total. The van der Waals surface area contributed by atoms with Gasteiger partial charge in [0.05, 0.1) is 0 Å². The van der Waals surface area contributed by atoms with Crippen molar-refractivity contribution in [1.82, 2.24) is 10.6 Å². The molecule has 0 unspecified atom stereocenters. The Morgan fingerprint density at radius 3 is 2.53 bits per heavy atom. The Bertz CT molecular complexity index is 290. The van der Waals surface area contributed by atoms with Gasteiger partial charge in [-0.2, -0.15) is 0 Å². The maximum Gasteiger partial charge on any atom is 0.326 e. The van der Waals surface area contributed by atoms with Crippen molar-refractivity contribution in [2.75, 3.05) is 13.2 Å². The van der Waals surface area contributed by atoms with Gasteiger partial charge in [0, 0.05) is 19.6 Å². The number of nitrogens with one attached hydrogen (secondary N) is 2. The molecule has 1 aliphatic rings. The van der Waals surface area contributed by atoms with Crippen LogP contribution in [-0.2, 0) is 4.79 Å². The Morgan fingerprint density at radius 1 is 1.26 bits per heavy atom. The second-order valence-electron chi connectivity index (χ2n) is 5.10. The number of urea groups is 1. The van der Waals surface area contributed by atoms with Gasteiger partial charge in [0.2, 0.25) is 0 Å². The van der Waals surface area contributed by atoms with E-state index in [-0.39, 0.29) is 13.0 Å². The number of amides is 2. The van der Waals surface area contributed by atoms with E-state index in [4.69, 9.17) is 10.2 Å². The molecule has 0 bridgehead atoms. The van der Waals surface area contributed by atoms with Gasteiger partial charge in [-0.15, -0.1) is 0 Å². The first kappa shape index (κ1) is 15.8.